The molecule has 1 rings (SSSR count). The molecule has 0 unspecified atom stereocenters. The van der Waals surface area contributed by atoms with Gasteiger partial charge in [-0.15, -0.1) is 0 Å². The lowest BCUT2D eigenvalue weighted by Crippen LogP contribution is -2.12. The average molecular weight is 242 g/mol. The number of nitrogens with zero attached hydrogens (tertiary/aromatic N) is 2. The molecule has 1 heterocycles. The van der Waals surface area contributed by atoms with Crippen molar-refractivity contribution in [2.45, 2.75) is 32.6 Å². The minimum atomic E-state index is -1.12. The summed E-state index contributed by atoms with van der Waals surface area (Å²) in [6, 6.07) is 0. The molecule has 1 aromatic heterocycles. The summed E-state index contributed by atoms with van der Waals surface area (Å²) in [5, 5.41) is 12.7. The van der Waals surface area contributed by atoms with Crippen molar-refractivity contribution in [1.29, 1.82) is 0 Å². The van der Waals surface area contributed by atoms with E-state index in [0.717, 1.165) is 11.8 Å². The van der Waals surface area contributed by atoms with Crippen molar-refractivity contribution in [3.8, 4) is 0 Å². The van der Waals surface area contributed by atoms with Gasteiger partial charge in [-0.3, -0.25) is 9.48 Å². The number of aromatic carboxylic acids is 1. The van der Waals surface area contributed by atoms with E-state index in [-0.39, 0.29) is 21.6 Å². The van der Waals surface area contributed by atoms with Gasteiger partial charge in [-0.2, -0.15) is 5.10 Å². The lowest BCUT2D eigenvalue weighted by atomic mass is 10.2. The fraction of sp³-hybridized carbons (Fsp3) is 0.500. The van der Waals surface area contributed by atoms with Crippen LogP contribution in [0, 0.1) is 0 Å². The van der Waals surface area contributed by atoms with Crippen LogP contribution in [0.5, 0.6) is 0 Å². The largest absolute Gasteiger partial charge is 0.478 e. The molecule has 0 atom stereocenters. The third-order valence-electron chi connectivity index (χ3n) is 1.91. The fourth-order valence-corrected chi connectivity index (χ4v) is 2.02. The van der Waals surface area contributed by atoms with Crippen LogP contribution in [0.1, 0.15) is 41.6 Å². The summed E-state index contributed by atoms with van der Waals surface area (Å²) in [6.07, 6.45) is 1.22. The summed E-state index contributed by atoms with van der Waals surface area (Å²) in [5.74, 6) is -1.12. The van der Waals surface area contributed by atoms with Crippen LogP contribution in [0.25, 0.3) is 0 Å². The third-order valence-corrected chi connectivity index (χ3v) is 2.78. The van der Waals surface area contributed by atoms with E-state index < -0.39 is 5.97 Å². The van der Waals surface area contributed by atoms with Crippen LogP contribution in [0.2, 0.25) is 0 Å². The maximum Gasteiger partial charge on any atom is 0.339 e. The first-order valence-corrected chi connectivity index (χ1v) is 5.85. The summed E-state index contributed by atoms with van der Waals surface area (Å²) in [4.78, 5) is 22.8. The van der Waals surface area contributed by atoms with Crippen molar-refractivity contribution >= 4 is 22.8 Å². The van der Waals surface area contributed by atoms with Crippen LogP contribution >= 0.6 is 11.8 Å². The Morgan fingerprint density at radius 1 is 1.56 bits per heavy atom. The number of rotatable bonds is 4. The molecule has 1 N–H and O–H groups in total. The predicted molar refractivity (Wildman–Crippen MR) is 61.9 cm³/mol. The highest BCUT2D eigenvalue weighted by Crippen LogP contribution is 2.20. The molecular formula is C10H14N2O3S. The Kier molecular flexibility index (Phi) is 4.12. The van der Waals surface area contributed by atoms with Gasteiger partial charge in [0.2, 0.25) is 5.12 Å². The van der Waals surface area contributed by atoms with Crippen molar-refractivity contribution in [3.05, 3.63) is 17.5 Å². The summed E-state index contributed by atoms with van der Waals surface area (Å²) in [7, 11) is 0. The van der Waals surface area contributed by atoms with E-state index >= 15 is 0 Å². The topological polar surface area (TPSA) is 72.2 Å². The van der Waals surface area contributed by atoms with Crippen LogP contribution in [0.3, 0.4) is 0 Å². The summed E-state index contributed by atoms with van der Waals surface area (Å²) in [6.45, 7) is 6.06. The number of carbonyl (C=O) groups excluding carboxylic acids is 1. The van der Waals surface area contributed by atoms with Gasteiger partial charge in [0.1, 0.15) is 11.3 Å². The van der Waals surface area contributed by atoms with Gasteiger partial charge in [0.25, 0.3) is 0 Å². The second kappa shape index (κ2) is 5.16. The molecule has 0 aliphatic rings. The molecule has 0 saturated carbocycles. The van der Waals surface area contributed by atoms with E-state index in [0.29, 0.717) is 6.54 Å². The molecule has 88 valence electrons. The number of carboxylic acids is 1. The average Bonchev–Trinajstić information content (AvgIpc) is 2.59. The fourth-order valence-electron chi connectivity index (χ4n) is 1.27. The van der Waals surface area contributed by atoms with Crippen molar-refractivity contribution in [2.24, 2.45) is 0 Å². The smallest absolute Gasteiger partial charge is 0.339 e. The van der Waals surface area contributed by atoms with E-state index in [1.807, 2.05) is 20.8 Å². The molecule has 0 amide bonds. The summed E-state index contributed by atoms with van der Waals surface area (Å²) < 4.78 is 1.42. The first kappa shape index (κ1) is 12.8. The van der Waals surface area contributed by atoms with Crippen molar-refractivity contribution < 1.29 is 14.7 Å². The number of carboxylic acid groups (broad SMARTS) is 1. The minimum Gasteiger partial charge on any atom is -0.478 e. The number of aromatic nitrogens is 2. The molecular weight excluding hydrogens is 228 g/mol. The van der Waals surface area contributed by atoms with Crippen LogP contribution < -0.4 is 0 Å². The van der Waals surface area contributed by atoms with E-state index in [2.05, 4.69) is 5.10 Å². The SMILES string of the molecule is CCn1ncc(C(=O)O)c1C(=O)SC(C)C. The number of hydrogen-bond acceptors (Lipinski definition) is 4. The molecule has 6 heteroatoms. The zero-order valence-electron chi connectivity index (χ0n) is 9.43. The molecule has 1 aromatic rings. The Labute approximate surface area is 97.8 Å². The lowest BCUT2D eigenvalue weighted by molar-refractivity contribution is 0.0693. The lowest BCUT2D eigenvalue weighted by Gasteiger charge is -2.06. The minimum absolute atomic E-state index is 0.0278. The monoisotopic (exact) mass is 242 g/mol. The molecule has 0 saturated heterocycles. The molecule has 16 heavy (non-hydrogen) atoms. The zero-order valence-corrected chi connectivity index (χ0v) is 10.2. The van der Waals surface area contributed by atoms with E-state index in [9.17, 15) is 9.59 Å². The van der Waals surface area contributed by atoms with Gasteiger partial charge in [0.15, 0.2) is 0 Å². The van der Waals surface area contributed by atoms with Crippen molar-refractivity contribution in [2.75, 3.05) is 0 Å². The van der Waals surface area contributed by atoms with Gasteiger partial charge in [0, 0.05) is 11.8 Å². The van der Waals surface area contributed by atoms with Crippen LogP contribution in [0.15, 0.2) is 6.20 Å². The third kappa shape index (κ3) is 2.63. The first-order valence-electron chi connectivity index (χ1n) is 4.97. The Morgan fingerprint density at radius 2 is 2.19 bits per heavy atom. The van der Waals surface area contributed by atoms with Crippen LogP contribution in [0.4, 0.5) is 0 Å². The van der Waals surface area contributed by atoms with E-state index in [1.54, 1.807) is 0 Å². The number of thioether (sulfide) groups is 1. The normalized spacial score (nSPS) is 10.8. The standard InChI is InChI=1S/C10H14N2O3S/c1-4-12-8(10(15)16-6(2)3)7(5-11-12)9(13)14/h5-6H,4H2,1-3H3,(H,13,14). The molecule has 0 radical (unpaired) electrons. The predicted octanol–water partition coefficient (Wildman–Crippen LogP) is 1.88. The van der Waals surface area contributed by atoms with E-state index in [4.69, 9.17) is 5.11 Å². The van der Waals surface area contributed by atoms with Crippen molar-refractivity contribution in [1.82, 2.24) is 9.78 Å². The van der Waals surface area contributed by atoms with Crippen LogP contribution in [-0.2, 0) is 6.54 Å². The Bertz CT molecular complexity index is 412. The zero-order chi connectivity index (χ0) is 12.3. The Hall–Kier alpha value is -1.30. The second-order valence-corrected chi connectivity index (χ2v) is 5.03. The molecule has 0 aliphatic heterocycles. The highest BCUT2D eigenvalue weighted by atomic mass is 32.2. The molecule has 0 spiro atoms. The van der Waals surface area contributed by atoms with Gasteiger partial charge in [-0.1, -0.05) is 25.6 Å². The second-order valence-electron chi connectivity index (χ2n) is 3.48. The van der Waals surface area contributed by atoms with Crippen molar-refractivity contribution in [3.63, 3.8) is 0 Å². The molecule has 0 fully saturated rings. The Balaban J connectivity index is 3.12. The molecule has 0 aromatic carbocycles. The Morgan fingerprint density at radius 3 is 2.62 bits per heavy atom. The van der Waals surface area contributed by atoms with E-state index in [1.165, 1.54) is 10.9 Å². The summed E-state index contributed by atoms with van der Waals surface area (Å²) >= 11 is 1.11. The number of carbonyl (C=O) groups is 2. The molecule has 0 aliphatic carbocycles. The summed E-state index contributed by atoms with van der Waals surface area (Å²) in [5.41, 5.74) is 0.147. The quantitative estimate of drug-likeness (QED) is 0.872. The highest BCUT2D eigenvalue weighted by Gasteiger charge is 2.23. The molecule has 0 bridgehead atoms. The number of aryl methyl sites for hydroxylation is 1. The molecule has 5 nitrogen and oxygen atoms in total. The maximum atomic E-state index is 11.9. The maximum absolute atomic E-state index is 11.9. The van der Waals surface area contributed by atoms with Gasteiger partial charge in [-0.25, -0.2) is 4.79 Å². The van der Waals surface area contributed by atoms with Gasteiger partial charge >= 0.3 is 5.97 Å². The van der Waals surface area contributed by atoms with Crippen LogP contribution in [-0.4, -0.2) is 31.2 Å². The van der Waals surface area contributed by atoms with Gasteiger partial charge in [0.05, 0.1) is 6.20 Å². The van der Waals surface area contributed by atoms with Gasteiger partial charge in [-0.05, 0) is 6.92 Å². The first-order chi connectivity index (χ1) is 7.47. The number of hydrogen-bond donors (Lipinski definition) is 1. The highest BCUT2D eigenvalue weighted by molar-refractivity contribution is 8.14. The van der Waals surface area contributed by atoms with Gasteiger partial charge < -0.3 is 5.11 Å².